The van der Waals surface area contributed by atoms with Crippen molar-refractivity contribution in [2.45, 2.75) is 6.54 Å². The van der Waals surface area contributed by atoms with Crippen LogP contribution in [0, 0.1) is 0 Å². The predicted octanol–water partition coefficient (Wildman–Crippen LogP) is 3.91. The van der Waals surface area contributed by atoms with Crippen LogP contribution in [0.1, 0.15) is 11.1 Å². The molecule has 0 aromatic heterocycles. The van der Waals surface area contributed by atoms with Crippen LogP contribution >= 0.6 is 27.5 Å². The molecule has 2 aromatic carbocycles. The fraction of sp³-hybridized carbons (Fsp3) is 0.111. The van der Waals surface area contributed by atoms with E-state index in [4.69, 9.17) is 16.3 Å². The molecule has 134 valence electrons. The number of urea groups is 1. The van der Waals surface area contributed by atoms with Crippen LogP contribution in [0.25, 0.3) is 6.08 Å². The number of hydrogen-bond acceptors (Lipinski definition) is 4. The van der Waals surface area contributed by atoms with Crippen LogP contribution in [0.5, 0.6) is 11.5 Å². The van der Waals surface area contributed by atoms with E-state index in [9.17, 15) is 14.7 Å². The highest BCUT2D eigenvalue weighted by molar-refractivity contribution is 9.10. The molecule has 8 heteroatoms. The molecule has 0 radical (unpaired) electrons. The Bertz CT molecular complexity index is 912. The van der Waals surface area contributed by atoms with E-state index >= 15 is 0 Å². The number of imide groups is 1. The molecule has 1 fully saturated rings. The molecule has 1 heterocycles. The normalized spacial score (nSPS) is 15.5. The zero-order valence-corrected chi connectivity index (χ0v) is 16.0. The molecule has 0 saturated carbocycles. The number of benzene rings is 2. The molecular formula is C18H14BrClN2O4. The molecule has 0 unspecified atom stereocenters. The van der Waals surface area contributed by atoms with Gasteiger partial charge in [0.15, 0.2) is 11.5 Å². The van der Waals surface area contributed by atoms with E-state index in [0.717, 1.165) is 10.5 Å². The van der Waals surface area contributed by atoms with E-state index in [0.29, 0.717) is 15.1 Å². The molecule has 6 nitrogen and oxygen atoms in total. The van der Waals surface area contributed by atoms with E-state index in [2.05, 4.69) is 21.2 Å². The second-order valence-corrected chi connectivity index (χ2v) is 6.85. The second kappa shape index (κ2) is 7.39. The van der Waals surface area contributed by atoms with Crippen molar-refractivity contribution >= 4 is 45.5 Å². The highest BCUT2D eigenvalue weighted by Gasteiger charge is 2.33. The first-order valence-corrected chi connectivity index (χ1v) is 8.71. The minimum atomic E-state index is -0.499. The first-order chi connectivity index (χ1) is 12.4. The van der Waals surface area contributed by atoms with Gasteiger partial charge >= 0.3 is 6.03 Å². The molecule has 26 heavy (non-hydrogen) atoms. The number of amides is 3. The Hall–Kier alpha value is -2.51. The lowest BCUT2D eigenvalue weighted by Crippen LogP contribution is -2.30. The number of hydrogen-bond donors (Lipinski definition) is 2. The van der Waals surface area contributed by atoms with E-state index in [1.165, 1.54) is 13.2 Å². The van der Waals surface area contributed by atoms with Gasteiger partial charge in [0.25, 0.3) is 5.91 Å². The summed E-state index contributed by atoms with van der Waals surface area (Å²) in [7, 11) is 1.43. The molecule has 1 saturated heterocycles. The van der Waals surface area contributed by atoms with Gasteiger partial charge in [-0.05, 0) is 57.4 Å². The number of carbonyl (C=O) groups is 2. The van der Waals surface area contributed by atoms with Crippen molar-refractivity contribution in [1.29, 1.82) is 0 Å². The molecule has 0 bridgehead atoms. The highest BCUT2D eigenvalue weighted by atomic mass is 79.9. The van der Waals surface area contributed by atoms with E-state index < -0.39 is 11.9 Å². The number of phenols is 1. The van der Waals surface area contributed by atoms with Crippen LogP contribution < -0.4 is 10.1 Å². The largest absolute Gasteiger partial charge is 0.503 e. The van der Waals surface area contributed by atoms with E-state index in [1.807, 2.05) is 0 Å². The number of rotatable bonds is 4. The van der Waals surface area contributed by atoms with Gasteiger partial charge in [0.1, 0.15) is 5.70 Å². The number of phenolic OH excluding ortho intramolecular Hbond substituents is 1. The molecular weight excluding hydrogens is 424 g/mol. The van der Waals surface area contributed by atoms with Gasteiger partial charge in [-0.2, -0.15) is 0 Å². The quantitative estimate of drug-likeness (QED) is 0.561. The Morgan fingerprint density at radius 1 is 1.27 bits per heavy atom. The SMILES string of the molecule is COc1cc(/C=C2/NC(=O)N(Cc3ccc(Cl)cc3)C2=O)cc(Br)c1O. The van der Waals surface area contributed by atoms with Gasteiger partial charge in [0, 0.05) is 5.02 Å². The monoisotopic (exact) mass is 436 g/mol. The van der Waals surface area contributed by atoms with Gasteiger partial charge in [-0.15, -0.1) is 0 Å². The Labute approximate surface area is 163 Å². The zero-order chi connectivity index (χ0) is 18.8. The lowest BCUT2D eigenvalue weighted by Gasteiger charge is -2.11. The summed E-state index contributed by atoms with van der Waals surface area (Å²) in [5.74, 6) is -0.227. The summed E-state index contributed by atoms with van der Waals surface area (Å²) in [5.41, 5.74) is 1.51. The third-order valence-electron chi connectivity index (χ3n) is 3.80. The molecule has 0 atom stereocenters. The Balaban J connectivity index is 1.85. The number of carbonyl (C=O) groups excluding carboxylic acids is 2. The maximum atomic E-state index is 12.6. The highest BCUT2D eigenvalue weighted by Crippen LogP contribution is 2.36. The topological polar surface area (TPSA) is 78.9 Å². The van der Waals surface area contributed by atoms with Gasteiger partial charge in [0.2, 0.25) is 0 Å². The smallest absolute Gasteiger partial charge is 0.329 e. The third-order valence-corrected chi connectivity index (χ3v) is 4.65. The average molecular weight is 438 g/mol. The van der Waals surface area contributed by atoms with Crippen LogP contribution in [0.4, 0.5) is 4.79 Å². The minimum absolute atomic E-state index is 0.0409. The maximum absolute atomic E-state index is 12.6. The van der Waals surface area contributed by atoms with Crippen LogP contribution in [0.2, 0.25) is 5.02 Å². The number of nitrogens with zero attached hydrogens (tertiary/aromatic N) is 1. The molecule has 3 amide bonds. The van der Waals surface area contributed by atoms with Gasteiger partial charge in [-0.3, -0.25) is 9.69 Å². The maximum Gasteiger partial charge on any atom is 0.329 e. The number of nitrogens with one attached hydrogen (secondary N) is 1. The summed E-state index contributed by atoms with van der Waals surface area (Å²) in [6.07, 6.45) is 1.52. The van der Waals surface area contributed by atoms with E-state index in [-0.39, 0.29) is 23.7 Å². The van der Waals surface area contributed by atoms with Crippen molar-refractivity contribution in [3.63, 3.8) is 0 Å². The van der Waals surface area contributed by atoms with Gasteiger partial charge in [0.05, 0.1) is 18.1 Å². The summed E-state index contributed by atoms with van der Waals surface area (Å²) in [6.45, 7) is 0.141. The number of halogens is 2. The van der Waals surface area contributed by atoms with Crippen molar-refractivity contribution < 1.29 is 19.4 Å². The molecule has 2 aromatic rings. The lowest BCUT2D eigenvalue weighted by atomic mass is 10.1. The van der Waals surface area contributed by atoms with Crippen molar-refractivity contribution in [1.82, 2.24) is 10.2 Å². The van der Waals surface area contributed by atoms with Crippen molar-refractivity contribution in [3.05, 3.63) is 62.7 Å². The zero-order valence-electron chi connectivity index (χ0n) is 13.6. The van der Waals surface area contributed by atoms with Crippen LogP contribution in [0.15, 0.2) is 46.6 Å². The fourth-order valence-electron chi connectivity index (χ4n) is 2.49. The summed E-state index contributed by atoms with van der Waals surface area (Å²) in [5, 5.41) is 13.0. The number of ether oxygens (including phenoxy) is 1. The molecule has 0 spiro atoms. The van der Waals surface area contributed by atoms with Crippen molar-refractivity contribution in [2.24, 2.45) is 0 Å². The standard InChI is InChI=1S/C18H14BrClN2O4/c1-26-15-8-11(6-13(19)16(15)23)7-14-17(24)22(18(25)21-14)9-10-2-4-12(20)5-3-10/h2-8,23H,9H2,1H3,(H,21,25)/b14-7+. The first kappa shape index (κ1) is 18.3. The molecule has 0 aliphatic carbocycles. The second-order valence-electron chi connectivity index (χ2n) is 5.56. The molecule has 1 aliphatic rings. The third kappa shape index (κ3) is 3.68. The minimum Gasteiger partial charge on any atom is -0.503 e. The van der Waals surface area contributed by atoms with Crippen LogP contribution in [-0.2, 0) is 11.3 Å². The molecule has 3 rings (SSSR count). The van der Waals surface area contributed by atoms with Gasteiger partial charge in [-0.25, -0.2) is 4.79 Å². The molecule has 1 aliphatic heterocycles. The van der Waals surface area contributed by atoms with Crippen LogP contribution in [0.3, 0.4) is 0 Å². The Kier molecular flexibility index (Phi) is 5.20. The lowest BCUT2D eigenvalue weighted by molar-refractivity contribution is -0.123. The summed E-state index contributed by atoms with van der Waals surface area (Å²) < 4.78 is 5.50. The first-order valence-electron chi connectivity index (χ1n) is 7.54. The summed E-state index contributed by atoms with van der Waals surface area (Å²) in [6, 6.07) is 9.60. The van der Waals surface area contributed by atoms with E-state index in [1.54, 1.807) is 36.4 Å². The Morgan fingerprint density at radius 3 is 2.62 bits per heavy atom. The van der Waals surface area contributed by atoms with Gasteiger partial charge in [-0.1, -0.05) is 23.7 Å². The van der Waals surface area contributed by atoms with Gasteiger partial charge < -0.3 is 15.2 Å². The number of aromatic hydroxyl groups is 1. The number of methoxy groups -OCH3 is 1. The average Bonchev–Trinajstić information content (AvgIpc) is 2.87. The predicted molar refractivity (Wildman–Crippen MR) is 101 cm³/mol. The molecule has 2 N–H and O–H groups in total. The van der Waals surface area contributed by atoms with Crippen molar-refractivity contribution in [2.75, 3.05) is 7.11 Å². The van der Waals surface area contributed by atoms with Crippen molar-refractivity contribution in [3.8, 4) is 11.5 Å². The summed E-state index contributed by atoms with van der Waals surface area (Å²) in [4.78, 5) is 25.8. The fourth-order valence-corrected chi connectivity index (χ4v) is 3.07. The summed E-state index contributed by atoms with van der Waals surface area (Å²) >= 11 is 9.07. The van der Waals surface area contributed by atoms with Crippen LogP contribution in [-0.4, -0.2) is 29.1 Å². The Morgan fingerprint density at radius 2 is 1.96 bits per heavy atom.